The largest absolute Gasteiger partial charge is 0.459 e. The Hall–Kier alpha value is -3.55. The van der Waals surface area contributed by atoms with E-state index < -0.39 is 0 Å². The minimum absolute atomic E-state index is 0.0509. The van der Waals surface area contributed by atoms with Gasteiger partial charge in [-0.05, 0) is 54.4 Å². The summed E-state index contributed by atoms with van der Waals surface area (Å²) < 4.78 is 33.0. The fraction of sp³-hybridized carbons (Fsp3) is 0.276. The highest BCUT2D eigenvalue weighted by Gasteiger charge is 2.27. The number of para-hydroxylation sites is 1. The number of piperazine rings is 1. The van der Waals surface area contributed by atoms with E-state index in [2.05, 4.69) is 15.1 Å². The zero-order valence-corrected chi connectivity index (χ0v) is 20.2. The number of rotatable bonds is 7. The van der Waals surface area contributed by atoms with Crippen LogP contribution in [0, 0.1) is 11.6 Å². The molecule has 0 bridgehead atoms. The molecule has 1 atom stereocenters. The van der Waals surface area contributed by atoms with Crippen LogP contribution in [-0.2, 0) is 4.79 Å². The maximum absolute atomic E-state index is 13.6. The molecule has 1 unspecified atom stereocenters. The third-order valence-electron chi connectivity index (χ3n) is 6.76. The molecule has 1 N–H and O–H groups in total. The number of hydrogen-bond donors (Lipinski definition) is 1. The van der Waals surface area contributed by atoms with Crippen molar-refractivity contribution in [1.82, 2.24) is 15.1 Å². The predicted molar refractivity (Wildman–Crippen MR) is 135 cm³/mol. The molecule has 1 fully saturated rings. The normalized spacial score (nSPS) is 15.9. The van der Waals surface area contributed by atoms with Crippen LogP contribution in [0.25, 0.3) is 11.0 Å². The first kappa shape index (κ1) is 24.2. The van der Waals surface area contributed by atoms with Gasteiger partial charge in [-0.25, -0.2) is 8.78 Å². The minimum Gasteiger partial charge on any atom is -0.459 e. The molecule has 5 rings (SSSR count). The number of fused-ring (bicyclic) bond motifs is 1. The van der Waals surface area contributed by atoms with Crippen LogP contribution in [0.2, 0.25) is 0 Å². The van der Waals surface area contributed by atoms with E-state index in [0.29, 0.717) is 19.6 Å². The summed E-state index contributed by atoms with van der Waals surface area (Å²) in [4.78, 5) is 17.2. The molecule has 36 heavy (non-hydrogen) atoms. The van der Waals surface area contributed by atoms with Crippen LogP contribution < -0.4 is 5.32 Å². The minimum atomic E-state index is -0.288. The average molecular weight is 490 g/mol. The number of hydrogen-bond acceptors (Lipinski definition) is 4. The highest BCUT2D eigenvalue weighted by Crippen LogP contribution is 2.30. The van der Waals surface area contributed by atoms with Gasteiger partial charge in [0, 0.05) is 31.6 Å². The zero-order chi connectivity index (χ0) is 25.1. The number of carbonyl (C=O) groups excluding carboxylic acids is 1. The fourth-order valence-electron chi connectivity index (χ4n) is 4.86. The van der Waals surface area contributed by atoms with Crippen molar-refractivity contribution in [2.24, 2.45) is 0 Å². The van der Waals surface area contributed by atoms with Gasteiger partial charge in [-0.1, -0.05) is 42.5 Å². The molecular formula is C29H29F2N3O2. The maximum atomic E-state index is 13.6. The number of carbonyl (C=O) groups is 1. The molecule has 0 radical (unpaired) electrons. The molecule has 1 aliphatic heterocycles. The lowest BCUT2D eigenvalue weighted by Gasteiger charge is -2.39. The van der Waals surface area contributed by atoms with Crippen LogP contribution >= 0.6 is 0 Å². The van der Waals surface area contributed by atoms with E-state index in [9.17, 15) is 13.6 Å². The number of nitrogens with one attached hydrogen (secondary N) is 1. The van der Waals surface area contributed by atoms with Crippen molar-refractivity contribution in [1.29, 1.82) is 0 Å². The highest BCUT2D eigenvalue weighted by atomic mass is 19.1. The van der Waals surface area contributed by atoms with Crippen molar-refractivity contribution in [2.45, 2.75) is 19.0 Å². The first-order valence-corrected chi connectivity index (χ1v) is 12.2. The molecule has 0 spiro atoms. The monoisotopic (exact) mass is 489 g/mol. The first-order chi connectivity index (χ1) is 17.5. The zero-order valence-electron chi connectivity index (χ0n) is 20.2. The average Bonchev–Trinajstić information content (AvgIpc) is 3.32. The van der Waals surface area contributed by atoms with E-state index in [4.69, 9.17) is 4.42 Å². The lowest BCUT2D eigenvalue weighted by atomic mass is 9.96. The summed E-state index contributed by atoms with van der Waals surface area (Å²) in [6.07, 6.45) is 0. The summed E-state index contributed by atoms with van der Waals surface area (Å²) >= 11 is 0. The van der Waals surface area contributed by atoms with Crippen LogP contribution in [0.5, 0.6) is 0 Å². The molecule has 5 nitrogen and oxygen atoms in total. The Labute approximate surface area is 209 Å². The molecule has 186 valence electrons. The van der Waals surface area contributed by atoms with E-state index in [1.807, 2.05) is 37.3 Å². The van der Waals surface area contributed by atoms with Crippen LogP contribution in [0.3, 0.4) is 0 Å². The summed E-state index contributed by atoms with van der Waals surface area (Å²) in [5, 5.41) is 4.06. The van der Waals surface area contributed by atoms with Gasteiger partial charge in [0.2, 0.25) is 5.91 Å². The molecule has 2 heterocycles. The van der Waals surface area contributed by atoms with Crippen molar-refractivity contribution in [3.63, 3.8) is 0 Å². The second kappa shape index (κ2) is 10.6. The number of halogens is 2. The Morgan fingerprint density at radius 2 is 1.47 bits per heavy atom. The van der Waals surface area contributed by atoms with Gasteiger partial charge in [0.05, 0.1) is 18.6 Å². The number of amides is 1. The third kappa shape index (κ3) is 5.48. The van der Waals surface area contributed by atoms with Crippen molar-refractivity contribution in [2.75, 3.05) is 32.7 Å². The fourth-order valence-corrected chi connectivity index (χ4v) is 4.86. The molecule has 1 aliphatic rings. The second-order valence-electron chi connectivity index (χ2n) is 9.29. The molecule has 7 heteroatoms. The Balaban J connectivity index is 1.20. The lowest BCUT2D eigenvalue weighted by Crippen LogP contribution is -2.50. The smallest absolute Gasteiger partial charge is 0.234 e. The first-order valence-electron chi connectivity index (χ1n) is 12.2. The van der Waals surface area contributed by atoms with Gasteiger partial charge in [-0.2, -0.15) is 0 Å². The Morgan fingerprint density at radius 3 is 2.06 bits per heavy atom. The van der Waals surface area contributed by atoms with Gasteiger partial charge in [-0.15, -0.1) is 0 Å². The van der Waals surface area contributed by atoms with Crippen molar-refractivity contribution in [3.8, 4) is 0 Å². The Kier molecular flexibility index (Phi) is 7.11. The summed E-state index contributed by atoms with van der Waals surface area (Å²) in [7, 11) is 0. The quantitative estimate of drug-likeness (QED) is 0.383. The molecular weight excluding hydrogens is 460 g/mol. The van der Waals surface area contributed by atoms with Crippen molar-refractivity contribution in [3.05, 3.63) is 107 Å². The van der Waals surface area contributed by atoms with Crippen molar-refractivity contribution >= 4 is 16.9 Å². The third-order valence-corrected chi connectivity index (χ3v) is 6.76. The van der Waals surface area contributed by atoms with Crippen LogP contribution in [0.1, 0.15) is 35.9 Å². The van der Waals surface area contributed by atoms with Crippen molar-refractivity contribution < 1.29 is 18.0 Å². The summed E-state index contributed by atoms with van der Waals surface area (Å²) in [6, 6.07) is 22.3. The van der Waals surface area contributed by atoms with E-state index in [1.54, 1.807) is 24.3 Å². The van der Waals surface area contributed by atoms with Gasteiger partial charge < -0.3 is 9.73 Å². The van der Waals surface area contributed by atoms with E-state index >= 15 is 0 Å². The van der Waals surface area contributed by atoms with Gasteiger partial charge >= 0.3 is 0 Å². The van der Waals surface area contributed by atoms with Gasteiger partial charge in [0.15, 0.2) is 0 Å². The summed E-state index contributed by atoms with van der Waals surface area (Å²) in [6.45, 7) is 5.11. The van der Waals surface area contributed by atoms with Gasteiger partial charge in [0.1, 0.15) is 23.0 Å². The summed E-state index contributed by atoms with van der Waals surface area (Å²) in [5.74, 6) is 0.106. The standard InChI is InChI=1S/C29H29F2N3O2/c1-20(27-18-23-4-2-3-5-26(23)36-27)32-28(35)19-33-14-16-34(17-15-33)29(21-6-10-24(30)11-7-21)22-8-12-25(31)13-9-22/h2-13,18,20,29H,14-17,19H2,1H3,(H,32,35). The number of benzene rings is 3. The summed E-state index contributed by atoms with van der Waals surface area (Å²) in [5.41, 5.74) is 2.71. The van der Waals surface area contributed by atoms with Crippen LogP contribution in [-0.4, -0.2) is 48.4 Å². The Morgan fingerprint density at radius 1 is 0.889 bits per heavy atom. The SMILES string of the molecule is CC(NC(=O)CN1CCN(C(c2ccc(F)cc2)c2ccc(F)cc2)CC1)c1cc2ccccc2o1. The van der Waals surface area contributed by atoms with E-state index in [1.165, 1.54) is 24.3 Å². The lowest BCUT2D eigenvalue weighted by molar-refractivity contribution is -0.123. The molecule has 1 aromatic heterocycles. The maximum Gasteiger partial charge on any atom is 0.234 e. The van der Waals surface area contributed by atoms with Crippen LogP contribution in [0.4, 0.5) is 8.78 Å². The molecule has 1 saturated heterocycles. The molecule has 0 saturated carbocycles. The van der Waals surface area contributed by atoms with E-state index in [0.717, 1.165) is 40.9 Å². The highest BCUT2D eigenvalue weighted by molar-refractivity contribution is 5.80. The van der Waals surface area contributed by atoms with E-state index in [-0.39, 0.29) is 29.6 Å². The molecule has 1 amide bonds. The van der Waals surface area contributed by atoms with Gasteiger partial charge in [0.25, 0.3) is 0 Å². The molecule has 0 aliphatic carbocycles. The molecule has 3 aromatic carbocycles. The second-order valence-corrected chi connectivity index (χ2v) is 9.29. The number of nitrogens with zero attached hydrogens (tertiary/aromatic N) is 2. The molecule has 4 aromatic rings. The topological polar surface area (TPSA) is 48.7 Å². The predicted octanol–water partition coefficient (Wildman–Crippen LogP) is 5.30. The number of furan rings is 1. The Bertz CT molecular complexity index is 1230. The van der Waals surface area contributed by atoms with Gasteiger partial charge in [-0.3, -0.25) is 14.6 Å². The van der Waals surface area contributed by atoms with Crippen LogP contribution in [0.15, 0.2) is 83.3 Å².